The van der Waals surface area contributed by atoms with Crippen molar-refractivity contribution in [3.05, 3.63) is 23.3 Å². The molecule has 88 valence electrons. The van der Waals surface area contributed by atoms with Crippen LogP contribution in [0, 0.1) is 0 Å². The molecule has 0 rings (SSSR count). The molecular formula is C12H21ClO2. The van der Waals surface area contributed by atoms with Gasteiger partial charge >= 0.3 is 0 Å². The van der Waals surface area contributed by atoms with Crippen molar-refractivity contribution in [1.82, 2.24) is 0 Å². The van der Waals surface area contributed by atoms with Gasteiger partial charge in [-0.05, 0) is 33.3 Å². The van der Waals surface area contributed by atoms with Crippen LogP contribution in [0.1, 0.15) is 27.2 Å². The lowest BCUT2D eigenvalue weighted by molar-refractivity contribution is -0.0671. The molecule has 1 unspecified atom stereocenters. The predicted octanol–water partition coefficient (Wildman–Crippen LogP) is 3.52. The normalized spacial score (nSPS) is 14.2. The van der Waals surface area contributed by atoms with Gasteiger partial charge in [0, 0.05) is 14.2 Å². The molecule has 3 heteroatoms. The molecule has 0 saturated carbocycles. The number of hydrogen-bond donors (Lipinski definition) is 0. The summed E-state index contributed by atoms with van der Waals surface area (Å²) in [5.74, 6) is 0. The van der Waals surface area contributed by atoms with Crippen LogP contribution in [0.5, 0.6) is 0 Å². The molecule has 0 aromatic rings. The van der Waals surface area contributed by atoms with Crippen molar-refractivity contribution in [2.75, 3.05) is 14.2 Å². The average molecular weight is 233 g/mol. The molecule has 15 heavy (non-hydrogen) atoms. The number of alkyl halides is 1. The van der Waals surface area contributed by atoms with Crippen LogP contribution in [0.2, 0.25) is 0 Å². The van der Waals surface area contributed by atoms with Crippen molar-refractivity contribution in [2.45, 2.75) is 38.9 Å². The van der Waals surface area contributed by atoms with Crippen LogP contribution >= 0.6 is 11.6 Å². The minimum atomic E-state index is -0.307. The van der Waals surface area contributed by atoms with Gasteiger partial charge < -0.3 is 9.47 Å². The van der Waals surface area contributed by atoms with Crippen LogP contribution in [0.25, 0.3) is 0 Å². The van der Waals surface area contributed by atoms with Crippen molar-refractivity contribution < 1.29 is 9.47 Å². The highest BCUT2D eigenvalue weighted by Crippen LogP contribution is 2.16. The molecule has 0 aliphatic heterocycles. The van der Waals surface area contributed by atoms with E-state index in [1.807, 2.05) is 13.0 Å². The zero-order valence-corrected chi connectivity index (χ0v) is 11.0. The Kier molecular flexibility index (Phi) is 7.75. The molecule has 0 amide bonds. The number of ether oxygens (including phenoxy) is 2. The summed E-state index contributed by atoms with van der Waals surface area (Å²) in [6.45, 7) is 6.12. The van der Waals surface area contributed by atoms with E-state index in [0.29, 0.717) is 0 Å². The van der Waals surface area contributed by atoms with Gasteiger partial charge in [-0.25, -0.2) is 0 Å². The molecule has 0 heterocycles. The van der Waals surface area contributed by atoms with Crippen molar-refractivity contribution in [3.63, 3.8) is 0 Å². The first kappa shape index (κ1) is 14.7. The van der Waals surface area contributed by atoms with Crippen molar-refractivity contribution in [1.29, 1.82) is 0 Å². The number of methoxy groups -OCH3 is 2. The number of allylic oxidation sites excluding steroid dienone is 3. The van der Waals surface area contributed by atoms with Crippen molar-refractivity contribution in [3.8, 4) is 0 Å². The van der Waals surface area contributed by atoms with Crippen LogP contribution in [0.3, 0.4) is 0 Å². The zero-order chi connectivity index (χ0) is 11.8. The third-order valence-electron chi connectivity index (χ3n) is 2.09. The summed E-state index contributed by atoms with van der Waals surface area (Å²) >= 11 is 6.21. The molecule has 0 aromatic carbocycles. The van der Waals surface area contributed by atoms with Crippen molar-refractivity contribution >= 4 is 11.6 Å². The van der Waals surface area contributed by atoms with Crippen LogP contribution < -0.4 is 0 Å². The van der Waals surface area contributed by atoms with E-state index in [4.69, 9.17) is 21.1 Å². The quantitative estimate of drug-likeness (QED) is 0.396. The van der Waals surface area contributed by atoms with E-state index < -0.39 is 0 Å². The van der Waals surface area contributed by atoms with Gasteiger partial charge in [-0.15, -0.1) is 11.6 Å². The van der Waals surface area contributed by atoms with Crippen LogP contribution in [0.4, 0.5) is 0 Å². The Morgan fingerprint density at radius 2 is 1.73 bits per heavy atom. The Bertz CT molecular complexity index is 226. The summed E-state index contributed by atoms with van der Waals surface area (Å²) < 4.78 is 10.1. The molecule has 0 aliphatic rings. The molecule has 2 nitrogen and oxygen atoms in total. The largest absolute Gasteiger partial charge is 0.352 e. The van der Waals surface area contributed by atoms with E-state index in [9.17, 15) is 0 Å². The van der Waals surface area contributed by atoms with Crippen LogP contribution in [-0.2, 0) is 9.47 Å². The Morgan fingerprint density at radius 1 is 1.20 bits per heavy atom. The minimum absolute atomic E-state index is 0.00713. The smallest absolute Gasteiger partial charge is 0.176 e. The first-order valence-corrected chi connectivity index (χ1v) is 5.46. The van der Waals surface area contributed by atoms with E-state index in [0.717, 1.165) is 12.0 Å². The molecule has 0 bridgehead atoms. The Balaban J connectivity index is 4.29. The topological polar surface area (TPSA) is 18.5 Å². The van der Waals surface area contributed by atoms with E-state index in [1.165, 1.54) is 5.57 Å². The van der Waals surface area contributed by atoms with E-state index in [1.54, 1.807) is 14.2 Å². The summed E-state index contributed by atoms with van der Waals surface area (Å²) in [7, 11) is 3.22. The lowest BCUT2D eigenvalue weighted by Gasteiger charge is -2.13. The van der Waals surface area contributed by atoms with E-state index >= 15 is 0 Å². The third-order valence-corrected chi connectivity index (χ3v) is 2.61. The summed E-state index contributed by atoms with van der Waals surface area (Å²) in [5.41, 5.74) is 2.35. The second-order valence-electron chi connectivity index (χ2n) is 3.74. The SMILES string of the molecule is COC(/C=C(\C)C(Cl)CC=C(C)C)OC. The minimum Gasteiger partial charge on any atom is -0.352 e. The molecular weight excluding hydrogens is 212 g/mol. The fourth-order valence-electron chi connectivity index (χ4n) is 1.08. The molecule has 0 radical (unpaired) electrons. The average Bonchev–Trinajstić information content (AvgIpc) is 2.21. The molecule has 0 saturated heterocycles. The van der Waals surface area contributed by atoms with E-state index in [2.05, 4.69) is 19.9 Å². The molecule has 0 aliphatic carbocycles. The molecule has 0 aromatic heterocycles. The van der Waals surface area contributed by atoms with Crippen LogP contribution in [-0.4, -0.2) is 25.9 Å². The predicted molar refractivity (Wildman–Crippen MR) is 65.3 cm³/mol. The van der Waals surface area contributed by atoms with E-state index in [-0.39, 0.29) is 11.7 Å². The Hall–Kier alpha value is -0.310. The number of hydrogen-bond acceptors (Lipinski definition) is 2. The zero-order valence-electron chi connectivity index (χ0n) is 10.2. The summed E-state index contributed by atoms with van der Waals surface area (Å²) in [6, 6.07) is 0. The second kappa shape index (κ2) is 7.91. The maximum absolute atomic E-state index is 6.21. The van der Waals surface area contributed by atoms with Gasteiger partial charge in [0.05, 0.1) is 5.38 Å². The van der Waals surface area contributed by atoms with Gasteiger partial charge in [-0.2, -0.15) is 0 Å². The summed E-state index contributed by atoms with van der Waals surface area (Å²) in [6.07, 6.45) is 4.56. The number of rotatable bonds is 6. The highest BCUT2D eigenvalue weighted by atomic mass is 35.5. The highest BCUT2D eigenvalue weighted by molar-refractivity contribution is 6.22. The fourth-order valence-corrected chi connectivity index (χ4v) is 1.24. The third kappa shape index (κ3) is 6.72. The lowest BCUT2D eigenvalue weighted by Crippen LogP contribution is -2.12. The lowest BCUT2D eigenvalue weighted by atomic mass is 10.1. The molecule has 0 N–H and O–H groups in total. The van der Waals surface area contributed by atoms with Gasteiger partial charge in [-0.3, -0.25) is 0 Å². The fraction of sp³-hybridized carbons (Fsp3) is 0.667. The van der Waals surface area contributed by atoms with Gasteiger partial charge in [0.1, 0.15) is 0 Å². The summed E-state index contributed by atoms with van der Waals surface area (Å²) in [4.78, 5) is 0. The van der Waals surface area contributed by atoms with Gasteiger partial charge in [0.15, 0.2) is 6.29 Å². The highest BCUT2D eigenvalue weighted by Gasteiger charge is 2.08. The molecule has 0 fully saturated rings. The monoisotopic (exact) mass is 232 g/mol. The second-order valence-corrected chi connectivity index (χ2v) is 4.26. The first-order valence-electron chi connectivity index (χ1n) is 5.02. The maximum Gasteiger partial charge on any atom is 0.176 e. The van der Waals surface area contributed by atoms with Gasteiger partial charge in [0.2, 0.25) is 0 Å². The van der Waals surface area contributed by atoms with Crippen LogP contribution in [0.15, 0.2) is 23.3 Å². The van der Waals surface area contributed by atoms with Gasteiger partial charge in [0.25, 0.3) is 0 Å². The molecule has 1 atom stereocenters. The molecule has 0 spiro atoms. The Labute approximate surface area is 97.9 Å². The first-order chi connectivity index (χ1) is 7.01. The van der Waals surface area contributed by atoms with Crippen molar-refractivity contribution in [2.24, 2.45) is 0 Å². The number of halogens is 1. The van der Waals surface area contributed by atoms with Gasteiger partial charge in [-0.1, -0.05) is 17.2 Å². The standard InChI is InChI=1S/C12H21ClO2/c1-9(2)6-7-11(13)10(3)8-12(14-4)15-5/h6,8,11-12H,7H2,1-5H3/b10-8+. The maximum atomic E-state index is 6.21. The Morgan fingerprint density at radius 3 is 2.13 bits per heavy atom. The summed E-state index contributed by atoms with van der Waals surface area (Å²) in [5, 5.41) is 0.00713.